The number of benzene rings is 3. The summed E-state index contributed by atoms with van der Waals surface area (Å²) in [7, 11) is 0. The second-order valence-electron chi connectivity index (χ2n) is 8.79. The Morgan fingerprint density at radius 2 is 1.39 bits per heavy atom. The van der Waals surface area contributed by atoms with E-state index in [0.29, 0.717) is 34.5 Å². The number of nitrogens with one attached hydrogen (secondary N) is 2. The van der Waals surface area contributed by atoms with Gasteiger partial charge in [-0.3, -0.25) is 4.98 Å². The van der Waals surface area contributed by atoms with Gasteiger partial charge < -0.3 is 26.0 Å². The summed E-state index contributed by atoms with van der Waals surface area (Å²) in [5.41, 5.74) is 4.58. The van der Waals surface area contributed by atoms with Crippen molar-refractivity contribution in [1.29, 1.82) is 0 Å². The van der Waals surface area contributed by atoms with E-state index in [0.717, 1.165) is 41.5 Å². The summed E-state index contributed by atoms with van der Waals surface area (Å²) in [6.45, 7) is 1.45. The zero-order valence-electron chi connectivity index (χ0n) is 20.4. The predicted octanol–water partition coefficient (Wildman–Crippen LogP) is 6.43. The van der Waals surface area contributed by atoms with Crippen LogP contribution in [-0.4, -0.2) is 43.4 Å². The summed E-state index contributed by atoms with van der Waals surface area (Å²) in [4.78, 5) is 13.7. The van der Waals surface area contributed by atoms with Gasteiger partial charge in [0.25, 0.3) is 0 Å². The Bertz CT molecular complexity index is 1580. The standard InChI is InChI=1S/C29H26ClN5O3/c30-20-6-9-22-23(11-14-32-26(22)16-20)31-12-1-2-13-33-29-34-24(18-3-7-21(36)8-4-18)17-25(35-29)19-5-10-27(37)28(38)15-19/h3-11,14-17,36-38H,1-2,12-13H2,(H,31,32)(H,33,34,35). The van der Waals surface area contributed by atoms with Crippen LogP contribution in [-0.2, 0) is 0 Å². The molecular weight excluding hydrogens is 502 g/mol. The molecule has 0 spiro atoms. The SMILES string of the molecule is Oc1ccc(-c2cc(-c3ccc(O)c(O)c3)nc(NCCCCNc3ccnc4cc(Cl)ccc34)n2)cc1. The summed E-state index contributed by atoms with van der Waals surface area (Å²) in [6.07, 6.45) is 3.57. The molecule has 2 heterocycles. The number of fused-ring (bicyclic) bond motifs is 1. The van der Waals surface area contributed by atoms with E-state index in [1.54, 1.807) is 42.6 Å². The van der Waals surface area contributed by atoms with Gasteiger partial charge in [-0.05, 0) is 85.6 Å². The first-order chi connectivity index (χ1) is 18.5. The molecule has 2 aromatic heterocycles. The van der Waals surface area contributed by atoms with E-state index >= 15 is 0 Å². The highest BCUT2D eigenvalue weighted by Gasteiger charge is 2.11. The lowest BCUT2D eigenvalue weighted by atomic mass is 10.1. The monoisotopic (exact) mass is 527 g/mol. The third kappa shape index (κ3) is 5.87. The first-order valence-electron chi connectivity index (χ1n) is 12.2. The summed E-state index contributed by atoms with van der Waals surface area (Å²) in [6, 6.07) is 20.8. The summed E-state index contributed by atoms with van der Waals surface area (Å²) in [5, 5.41) is 37.8. The number of phenols is 3. The summed E-state index contributed by atoms with van der Waals surface area (Å²) < 4.78 is 0. The largest absolute Gasteiger partial charge is 0.508 e. The molecule has 0 fully saturated rings. The van der Waals surface area contributed by atoms with Crippen molar-refractivity contribution in [3.63, 3.8) is 0 Å². The molecule has 5 rings (SSSR count). The molecule has 0 atom stereocenters. The molecule has 0 aliphatic rings. The molecule has 0 saturated carbocycles. The zero-order chi connectivity index (χ0) is 26.5. The number of halogens is 1. The third-order valence-electron chi connectivity index (χ3n) is 6.07. The number of pyridine rings is 1. The van der Waals surface area contributed by atoms with Crippen LogP contribution in [0.4, 0.5) is 11.6 Å². The average Bonchev–Trinajstić information content (AvgIpc) is 2.92. The van der Waals surface area contributed by atoms with Crippen molar-refractivity contribution in [2.45, 2.75) is 12.8 Å². The Morgan fingerprint density at radius 1 is 0.684 bits per heavy atom. The van der Waals surface area contributed by atoms with Crippen molar-refractivity contribution in [2.24, 2.45) is 0 Å². The van der Waals surface area contributed by atoms with Gasteiger partial charge in [-0.2, -0.15) is 0 Å². The molecule has 0 bridgehead atoms. The van der Waals surface area contributed by atoms with E-state index in [2.05, 4.69) is 25.6 Å². The highest BCUT2D eigenvalue weighted by Crippen LogP contribution is 2.32. The molecule has 0 saturated heterocycles. The molecule has 0 radical (unpaired) electrons. The maximum Gasteiger partial charge on any atom is 0.223 e. The summed E-state index contributed by atoms with van der Waals surface area (Å²) >= 11 is 6.08. The molecule has 8 nitrogen and oxygen atoms in total. The van der Waals surface area contributed by atoms with E-state index in [1.165, 1.54) is 12.1 Å². The van der Waals surface area contributed by atoms with Gasteiger partial charge >= 0.3 is 0 Å². The van der Waals surface area contributed by atoms with Crippen LogP contribution in [0.3, 0.4) is 0 Å². The quantitative estimate of drug-likeness (QED) is 0.110. The fourth-order valence-electron chi connectivity index (χ4n) is 4.09. The fraction of sp³-hybridized carbons (Fsp3) is 0.138. The number of hydrogen-bond acceptors (Lipinski definition) is 8. The van der Waals surface area contributed by atoms with Crippen LogP contribution >= 0.6 is 11.6 Å². The number of anilines is 2. The smallest absolute Gasteiger partial charge is 0.223 e. The minimum absolute atomic E-state index is 0.169. The van der Waals surface area contributed by atoms with Crippen LogP contribution in [0, 0.1) is 0 Å². The molecular formula is C29H26ClN5O3. The van der Waals surface area contributed by atoms with Crippen molar-refractivity contribution >= 4 is 34.1 Å². The van der Waals surface area contributed by atoms with Crippen LogP contribution < -0.4 is 10.6 Å². The van der Waals surface area contributed by atoms with Crippen LogP contribution in [0.2, 0.25) is 5.02 Å². The van der Waals surface area contributed by atoms with Gasteiger partial charge in [0.2, 0.25) is 5.95 Å². The molecule has 0 unspecified atom stereocenters. The van der Waals surface area contributed by atoms with Gasteiger partial charge in [-0.15, -0.1) is 0 Å². The first kappa shape index (κ1) is 25.1. The van der Waals surface area contributed by atoms with Crippen molar-refractivity contribution < 1.29 is 15.3 Å². The minimum atomic E-state index is -0.223. The van der Waals surface area contributed by atoms with Crippen LogP contribution in [0.5, 0.6) is 17.2 Å². The maximum atomic E-state index is 9.97. The molecule has 192 valence electrons. The Kier molecular flexibility index (Phi) is 7.42. The molecule has 0 amide bonds. The average molecular weight is 528 g/mol. The molecule has 0 aliphatic carbocycles. The molecule has 38 heavy (non-hydrogen) atoms. The second kappa shape index (κ2) is 11.2. The first-order valence-corrected chi connectivity index (χ1v) is 12.6. The van der Waals surface area contributed by atoms with Gasteiger partial charge in [0, 0.05) is 46.5 Å². The minimum Gasteiger partial charge on any atom is -0.508 e. The second-order valence-corrected chi connectivity index (χ2v) is 9.23. The van der Waals surface area contributed by atoms with Gasteiger partial charge in [0.15, 0.2) is 11.5 Å². The lowest BCUT2D eigenvalue weighted by Gasteiger charge is -2.12. The van der Waals surface area contributed by atoms with Gasteiger partial charge in [0.05, 0.1) is 16.9 Å². The molecule has 5 aromatic rings. The Labute approximate surface area is 224 Å². The summed E-state index contributed by atoms with van der Waals surface area (Å²) in [5.74, 6) is 0.196. The van der Waals surface area contributed by atoms with E-state index in [4.69, 9.17) is 11.6 Å². The molecule has 9 heteroatoms. The van der Waals surface area contributed by atoms with Gasteiger partial charge in [-0.1, -0.05) is 11.6 Å². The highest BCUT2D eigenvalue weighted by atomic mass is 35.5. The lowest BCUT2D eigenvalue weighted by Crippen LogP contribution is -2.09. The molecule has 0 aliphatic heterocycles. The Balaban J connectivity index is 1.25. The number of hydrogen-bond donors (Lipinski definition) is 5. The third-order valence-corrected chi connectivity index (χ3v) is 6.30. The number of aromatic hydroxyl groups is 3. The van der Waals surface area contributed by atoms with Crippen LogP contribution in [0.25, 0.3) is 33.4 Å². The van der Waals surface area contributed by atoms with E-state index in [9.17, 15) is 15.3 Å². The van der Waals surface area contributed by atoms with Crippen molar-refractivity contribution in [1.82, 2.24) is 15.0 Å². The van der Waals surface area contributed by atoms with Crippen molar-refractivity contribution in [2.75, 3.05) is 23.7 Å². The number of unbranched alkanes of at least 4 members (excludes halogenated alkanes) is 1. The Hall–Kier alpha value is -4.56. The highest BCUT2D eigenvalue weighted by molar-refractivity contribution is 6.31. The number of nitrogens with zero attached hydrogens (tertiary/aromatic N) is 3. The number of aromatic nitrogens is 3. The number of phenolic OH excluding ortho intramolecular Hbond substituents is 3. The van der Waals surface area contributed by atoms with Gasteiger partial charge in [-0.25, -0.2) is 9.97 Å². The Morgan fingerprint density at radius 3 is 2.16 bits per heavy atom. The van der Waals surface area contributed by atoms with Gasteiger partial charge in [0.1, 0.15) is 5.75 Å². The van der Waals surface area contributed by atoms with Crippen LogP contribution in [0.15, 0.2) is 79.0 Å². The molecule has 5 N–H and O–H groups in total. The normalized spacial score (nSPS) is 11.0. The van der Waals surface area contributed by atoms with E-state index in [-0.39, 0.29) is 17.2 Å². The van der Waals surface area contributed by atoms with E-state index in [1.807, 2.05) is 24.3 Å². The fourth-order valence-corrected chi connectivity index (χ4v) is 4.25. The zero-order valence-corrected chi connectivity index (χ0v) is 21.2. The lowest BCUT2D eigenvalue weighted by molar-refractivity contribution is 0.404. The van der Waals surface area contributed by atoms with Crippen LogP contribution in [0.1, 0.15) is 12.8 Å². The van der Waals surface area contributed by atoms with Crippen molar-refractivity contribution in [3.05, 3.63) is 84.0 Å². The topological polar surface area (TPSA) is 123 Å². The molecule has 3 aromatic carbocycles. The van der Waals surface area contributed by atoms with Crippen molar-refractivity contribution in [3.8, 4) is 39.8 Å². The maximum absolute atomic E-state index is 9.97. The number of rotatable bonds is 9. The van der Waals surface area contributed by atoms with E-state index < -0.39 is 0 Å². The predicted molar refractivity (Wildman–Crippen MR) is 151 cm³/mol.